The summed E-state index contributed by atoms with van der Waals surface area (Å²) in [6.07, 6.45) is 5.68. The number of nitrogens with one attached hydrogen (secondary N) is 1. The standard InChI is InChI=1S/C15H17F2N3O/c1-2-7-20-14(12-10-18-8-9-19-12)11-5-3-4-6-13(11)21-15(16)17/h3-6,8-10,14-15,20H,2,7H2,1H3. The summed E-state index contributed by atoms with van der Waals surface area (Å²) in [5, 5.41) is 3.29. The first-order valence-electron chi connectivity index (χ1n) is 6.75. The van der Waals surface area contributed by atoms with Crippen molar-refractivity contribution >= 4 is 0 Å². The molecule has 1 unspecified atom stereocenters. The first-order chi connectivity index (χ1) is 10.2. The molecule has 0 bridgehead atoms. The van der Waals surface area contributed by atoms with Crippen LogP contribution in [0.15, 0.2) is 42.9 Å². The van der Waals surface area contributed by atoms with Gasteiger partial charge in [0, 0.05) is 18.0 Å². The van der Waals surface area contributed by atoms with Crippen molar-refractivity contribution in [2.45, 2.75) is 26.0 Å². The summed E-state index contributed by atoms with van der Waals surface area (Å²) in [6, 6.07) is 6.38. The number of ether oxygens (including phenoxy) is 1. The van der Waals surface area contributed by atoms with Crippen LogP contribution in [0.3, 0.4) is 0 Å². The van der Waals surface area contributed by atoms with Crippen LogP contribution in [0.5, 0.6) is 5.75 Å². The fraction of sp³-hybridized carbons (Fsp3) is 0.333. The molecule has 0 aliphatic heterocycles. The van der Waals surface area contributed by atoms with Gasteiger partial charge < -0.3 is 10.1 Å². The fourth-order valence-electron chi connectivity index (χ4n) is 2.04. The van der Waals surface area contributed by atoms with Crippen molar-refractivity contribution in [2.24, 2.45) is 0 Å². The maximum absolute atomic E-state index is 12.5. The molecule has 2 aromatic rings. The maximum Gasteiger partial charge on any atom is 0.387 e. The van der Waals surface area contributed by atoms with Gasteiger partial charge in [-0.25, -0.2) is 0 Å². The molecular formula is C15H17F2N3O. The Kier molecular flexibility index (Phi) is 5.57. The van der Waals surface area contributed by atoms with Crippen LogP contribution in [0.4, 0.5) is 8.78 Å². The Balaban J connectivity index is 2.37. The number of aromatic nitrogens is 2. The Hall–Kier alpha value is -2.08. The van der Waals surface area contributed by atoms with Crippen LogP contribution >= 0.6 is 0 Å². The van der Waals surface area contributed by atoms with Crippen LogP contribution in [-0.2, 0) is 0 Å². The van der Waals surface area contributed by atoms with E-state index in [2.05, 4.69) is 20.0 Å². The first-order valence-corrected chi connectivity index (χ1v) is 6.75. The molecule has 0 spiro atoms. The minimum Gasteiger partial charge on any atom is -0.434 e. The van der Waals surface area contributed by atoms with E-state index in [1.807, 2.05) is 6.92 Å². The Bertz CT molecular complexity index is 552. The highest BCUT2D eigenvalue weighted by molar-refractivity contribution is 5.39. The Morgan fingerprint density at radius 2 is 2.05 bits per heavy atom. The molecule has 0 amide bonds. The van der Waals surface area contributed by atoms with Crippen LogP contribution in [0.25, 0.3) is 0 Å². The molecule has 1 aromatic heterocycles. The molecule has 0 fully saturated rings. The minimum atomic E-state index is -2.86. The third-order valence-corrected chi connectivity index (χ3v) is 2.92. The van der Waals surface area contributed by atoms with E-state index in [1.165, 1.54) is 6.07 Å². The van der Waals surface area contributed by atoms with Gasteiger partial charge >= 0.3 is 6.61 Å². The molecule has 0 saturated carbocycles. The van der Waals surface area contributed by atoms with Gasteiger partial charge in [-0.3, -0.25) is 9.97 Å². The van der Waals surface area contributed by atoms with Crippen LogP contribution < -0.4 is 10.1 Å². The lowest BCUT2D eigenvalue weighted by molar-refractivity contribution is -0.0506. The molecule has 2 rings (SSSR count). The minimum absolute atomic E-state index is 0.145. The summed E-state index contributed by atoms with van der Waals surface area (Å²) >= 11 is 0. The fourth-order valence-corrected chi connectivity index (χ4v) is 2.04. The molecule has 0 saturated heterocycles. The topological polar surface area (TPSA) is 47.0 Å². The lowest BCUT2D eigenvalue weighted by Crippen LogP contribution is -2.25. The van der Waals surface area contributed by atoms with Crippen molar-refractivity contribution in [3.8, 4) is 5.75 Å². The molecule has 21 heavy (non-hydrogen) atoms. The van der Waals surface area contributed by atoms with Gasteiger partial charge in [0.15, 0.2) is 0 Å². The molecule has 1 aromatic carbocycles. The third kappa shape index (κ3) is 4.19. The van der Waals surface area contributed by atoms with Crippen LogP contribution in [-0.4, -0.2) is 23.1 Å². The number of para-hydroxylation sites is 1. The number of benzene rings is 1. The molecule has 1 atom stereocenters. The summed E-state index contributed by atoms with van der Waals surface area (Å²) in [5.41, 5.74) is 1.28. The highest BCUT2D eigenvalue weighted by Gasteiger charge is 2.20. The number of rotatable bonds is 7. The van der Waals surface area contributed by atoms with Crippen molar-refractivity contribution in [1.29, 1.82) is 0 Å². The number of hydrogen-bond acceptors (Lipinski definition) is 4. The Morgan fingerprint density at radius 1 is 1.24 bits per heavy atom. The molecule has 0 aliphatic rings. The van der Waals surface area contributed by atoms with Crippen molar-refractivity contribution in [2.75, 3.05) is 6.54 Å². The highest BCUT2D eigenvalue weighted by atomic mass is 19.3. The SMILES string of the molecule is CCCNC(c1cnccn1)c1ccccc1OC(F)F. The second-order valence-electron chi connectivity index (χ2n) is 4.43. The monoisotopic (exact) mass is 293 g/mol. The zero-order chi connectivity index (χ0) is 15.1. The molecule has 0 aliphatic carbocycles. The average Bonchev–Trinajstić information content (AvgIpc) is 2.50. The number of halogens is 2. The number of hydrogen-bond donors (Lipinski definition) is 1. The summed E-state index contributed by atoms with van der Waals surface area (Å²) in [5.74, 6) is 0.145. The van der Waals surface area contributed by atoms with Crippen LogP contribution in [0, 0.1) is 0 Å². The Morgan fingerprint density at radius 3 is 2.71 bits per heavy atom. The van der Waals surface area contributed by atoms with Gasteiger partial charge in [-0.15, -0.1) is 0 Å². The molecule has 1 heterocycles. The quantitative estimate of drug-likeness (QED) is 0.852. The average molecular weight is 293 g/mol. The normalized spacial score (nSPS) is 12.4. The van der Waals surface area contributed by atoms with Gasteiger partial charge in [0.2, 0.25) is 0 Å². The summed E-state index contributed by atoms with van der Waals surface area (Å²) in [4.78, 5) is 8.30. The second kappa shape index (κ2) is 7.64. The zero-order valence-electron chi connectivity index (χ0n) is 11.7. The molecule has 1 N–H and O–H groups in total. The van der Waals surface area contributed by atoms with E-state index < -0.39 is 6.61 Å². The van der Waals surface area contributed by atoms with Crippen LogP contribution in [0.1, 0.15) is 30.6 Å². The van der Waals surface area contributed by atoms with Gasteiger partial charge in [0.25, 0.3) is 0 Å². The lowest BCUT2D eigenvalue weighted by Gasteiger charge is -2.21. The van der Waals surface area contributed by atoms with Gasteiger partial charge in [0.1, 0.15) is 5.75 Å². The molecule has 0 radical (unpaired) electrons. The predicted octanol–water partition coefficient (Wildman–Crippen LogP) is 3.17. The first kappa shape index (κ1) is 15.3. The smallest absolute Gasteiger partial charge is 0.387 e. The van der Waals surface area contributed by atoms with Crippen molar-refractivity contribution in [3.05, 3.63) is 54.1 Å². The van der Waals surface area contributed by atoms with Gasteiger partial charge in [-0.1, -0.05) is 25.1 Å². The van der Waals surface area contributed by atoms with Gasteiger partial charge in [-0.2, -0.15) is 8.78 Å². The van der Waals surface area contributed by atoms with E-state index >= 15 is 0 Å². The van der Waals surface area contributed by atoms with E-state index in [-0.39, 0.29) is 11.8 Å². The molecular weight excluding hydrogens is 276 g/mol. The van der Waals surface area contributed by atoms with E-state index in [0.29, 0.717) is 11.3 Å². The Labute approximate surface area is 122 Å². The zero-order valence-corrected chi connectivity index (χ0v) is 11.7. The van der Waals surface area contributed by atoms with Crippen molar-refractivity contribution < 1.29 is 13.5 Å². The van der Waals surface area contributed by atoms with E-state index in [9.17, 15) is 8.78 Å². The highest BCUT2D eigenvalue weighted by Crippen LogP contribution is 2.29. The molecule has 112 valence electrons. The van der Waals surface area contributed by atoms with Crippen molar-refractivity contribution in [1.82, 2.24) is 15.3 Å². The summed E-state index contributed by atoms with van der Waals surface area (Å²) < 4.78 is 29.7. The second-order valence-corrected chi connectivity index (χ2v) is 4.43. The molecule has 4 nitrogen and oxygen atoms in total. The van der Waals surface area contributed by atoms with E-state index in [1.54, 1.807) is 36.8 Å². The van der Waals surface area contributed by atoms with E-state index in [0.717, 1.165) is 13.0 Å². The summed E-state index contributed by atoms with van der Waals surface area (Å²) in [7, 11) is 0. The lowest BCUT2D eigenvalue weighted by atomic mass is 10.0. The third-order valence-electron chi connectivity index (χ3n) is 2.92. The number of nitrogens with zero attached hydrogens (tertiary/aromatic N) is 2. The molecule has 6 heteroatoms. The van der Waals surface area contributed by atoms with Gasteiger partial charge in [0.05, 0.1) is 17.9 Å². The van der Waals surface area contributed by atoms with E-state index in [4.69, 9.17) is 0 Å². The largest absolute Gasteiger partial charge is 0.434 e. The number of alkyl halides is 2. The van der Waals surface area contributed by atoms with Gasteiger partial charge in [-0.05, 0) is 19.0 Å². The summed E-state index contributed by atoms with van der Waals surface area (Å²) in [6.45, 7) is -0.105. The maximum atomic E-state index is 12.5. The van der Waals surface area contributed by atoms with Crippen molar-refractivity contribution in [3.63, 3.8) is 0 Å². The predicted molar refractivity (Wildman–Crippen MR) is 75.2 cm³/mol. The van der Waals surface area contributed by atoms with Crippen LogP contribution in [0.2, 0.25) is 0 Å².